The molecule has 186 valence electrons. The molecule has 0 nitrogen and oxygen atoms in total. The second-order valence-electron chi connectivity index (χ2n) is 14.4. The van der Waals surface area contributed by atoms with E-state index in [0.717, 1.165) is 46.0 Å². The van der Waals surface area contributed by atoms with Gasteiger partial charge in [0, 0.05) is 10.5 Å². The fourth-order valence-electron chi connectivity index (χ4n) is 7.77. The Bertz CT molecular complexity index is 937. The van der Waals surface area contributed by atoms with E-state index >= 15 is 0 Å². The van der Waals surface area contributed by atoms with Crippen molar-refractivity contribution < 1.29 is 0 Å². The van der Waals surface area contributed by atoms with Crippen LogP contribution in [0.3, 0.4) is 0 Å². The molecule has 0 amide bonds. The molecular formula is C30H46S2Si2. The Labute approximate surface area is 220 Å². The first-order valence-corrected chi connectivity index (χ1v) is 22.4. The molecule has 2 saturated carbocycles. The summed E-state index contributed by atoms with van der Waals surface area (Å²) in [5, 5.41) is 1.59. The summed E-state index contributed by atoms with van der Waals surface area (Å²) < 4.78 is 3.59. The Balaban J connectivity index is 1.47. The molecular weight excluding hydrogens is 481 g/mol. The zero-order chi connectivity index (χ0) is 24.6. The van der Waals surface area contributed by atoms with Crippen molar-refractivity contribution in [3.05, 3.63) is 57.1 Å². The third-order valence-corrected chi connectivity index (χ3v) is 19.8. The topological polar surface area (TPSA) is 0 Å². The van der Waals surface area contributed by atoms with E-state index in [1.165, 1.54) is 12.8 Å². The molecule has 2 fully saturated rings. The Morgan fingerprint density at radius 2 is 1.26 bits per heavy atom. The second kappa shape index (κ2) is 8.70. The predicted molar refractivity (Wildman–Crippen MR) is 161 cm³/mol. The summed E-state index contributed by atoms with van der Waals surface area (Å²) in [4.78, 5) is 0. The van der Waals surface area contributed by atoms with Crippen molar-refractivity contribution in [2.24, 2.45) is 35.0 Å². The first kappa shape index (κ1) is 25.5. The highest BCUT2D eigenvalue weighted by Crippen LogP contribution is 2.67. The molecule has 2 heterocycles. The van der Waals surface area contributed by atoms with E-state index in [9.17, 15) is 0 Å². The van der Waals surface area contributed by atoms with E-state index < -0.39 is 16.1 Å². The smallest absolute Gasteiger partial charge is 0.0853 e. The molecule has 0 N–H and O–H groups in total. The molecule has 0 radical (unpaired) electrons. The zero-order valence-electron chi connectivity index (χ0n) is 22.9. The van der Waals surface area contributed by atoms with Crippen LogP contribution in [-0.2, 0) is 0 Å². The van der Waals surface area contributed by atoms with Crippen molar-refractivity contribution in [2.45, 2.75) is 89.3 Å². The molecule has 4 aliphatic rings. The molecule has 5 unspecified atom stereocenters. The molecule has 2 aliphatic heterocycles. The van der Waals surface area contributed by atoms with Crippen LogP contribution in [0.15, 0.2) is 51.5 Å². The fraction of sp³-hybridized carbons (Fsp3) is 0.667. The van der Waals surface area contributed by atoms with Gasteiger partial charge in [-0.3, -0.25) is 0 Å². The van der Waals surface area contributed by atoms with Gasteiger partial charge in [-0.05, 0) is 68.4 Å². The van der Waals surface area contributed by atoms with Crippen LogP contribution < -0.4 is 0 Å². The molecule has 5 rings (SSSR count). The summed E-state index contributed by atoms with van der Waals surface area (Å²) in [5.74, 6) is 4.70. The lowest BCUT2D eigenvalue weighted by Crippen LogP contribution is -2.42. The largest absolute Gasteiger partial charge is 0.131 e. The lowest BCUT2D eigenvalue weighted by Gasteiger charge is -2.45. The normalized spacial score (nSPS) is 38.0. The van der Waals surface area contributed by atoms with Crippen LogP contribution in [0.1, 0.15) is 45.1 Å². The van der Waals surface area contributed by atoms with Crippen LogP contribution in [0.4, 0.5) is 0 Å². The number of allylic oxidation sites excluding steroid dienone is 2. The minimum Gasteiger partial charge on any atom is -0.131 e. The van der Waals surface area contributed by atoms with Crippen molar-refractivity contribution >= 4 is 39.7 Å². The highest BCUT2D eigenvalue weighted by Gasteiger charge is 2.61. The van der Waals surface area contributed by atoms with Crippen LogP contribution in [0.25, 0.3) is 0 Å². The third-order valence-electron chi connectivity index (χ3n) is 9.57. The van der Waals surface area contributed by atoms with Crippen LogP contribution in [0.5, 0.6) is 0 Å². The van der Waals surface area contributed by atoms with Crippen molar-refractivity contribution in [3.63, 3.8) is 0 Å². The quantitative estimate of drug-likeness (QED) is 0.350. The van der Waals surface area contributed by atoms with Gasteiger partial charge in [-0.1, -0.05) is 103 Å². The third kappa shape index (κ3) is 4.31. The van der Waals surface area contributed by atoms with E-state index in [0.29, 0.717) is 5.41 Å². The predicted octanol–water partition coefficient (Wildman–Crippen LogP) is 9.46. The van der Waals surface area contributed by atoms with Gasteiger partial charge in [-0.15, -0.1) is 23.5 Å². The average Bonchev–Trinajstić information content (AvgIpc) is 3.47. The van der Waals surface area contributed by atoms with Crippen molar-refractivity contribution in [2.75, 3.05) is 0 Å². The maximum Gasteiger partial charge on any atom is 0.0853 e. The van der Waals surface area contributed by atoms with Crippen LogP contribution >= 0.6 is 23.5 Å². The lowest BCUT2D eigenvalue weighted by molar-refractivity contribution is 0.0957. The van der Waals surface area contributed by atoms with Gasteiger partial charge in [0.15, 0.2) is 0 Å². The molecule has 4 heteroatoms. The molecule has 34 heavy (non-hydrogen) atoms. The van der Waals surface area contributed by atoms with Crippen molar-refractivity contribution in [1.29, 1.82) is 0 Å². The standard InChI is InChI=1S/C30H46S2Si2/c1-19-15-21(20-13-11-10-12-14-20)16-24(19)30(2,3)27-28-22(17-25(31-28)33(4,5)6)23-18-26(32-29(23)27)34(7,8)9/h10-14,17-19,21-24,27-29H,15-16H2,1-9H3/t19?,21-,22-,23+,24?,27?,28?,29?/m1/s1. The monoisotopic (exact) mass is 526 g/mol. The van der Waals surface area contributed by atoms with Crippen LogP contribution in [-0.4, -0.2) is 26.6 Å². The molecule has 1 aromatic carbocycles. The summed E-state index contributed by atoms with van der Waals surface area (Å²) in [6.07, 6.45) is 8.33. The molecule has 8 atom stereocenters. The van der Waals surface area contributed by atoms with Crippen LogP contribution in [0, 0.1) is 35.0 Å². The number of benzene rings is 1. The summed E-state index contributed by atoms with van der Waals surface area (Å²) >= 11 is 4.67. The summed E-state index contributed by atoms with van der Waals surface area (Å²) in [7, 11) is -2.54. The fourth-order valence-corrected chi connectivity index (χ4v) is 16.1. The highest BCUT2D eigenvalue weighted by atomic mass is 32.2. The summed E-state index contributed by atoms with van der Waals surface area (Å²) in [6.45, 7) is 23.3. The maximum atomic E-state index is 2.80. The number of hydrogen-bond donors (Lipinski definition) is 0. The van der Waals surface area contributed by atoms with Crippen molar-refractivity contribution in [3.8, 4) is 0 Å². The molecule has 0 spiro atoms. The maximum absolute atomic E-state index is 2.80. The van der Waals surface area contributed by atoms with Gasteiger partial charge in [0.05, 0.1) is 16.1 Å². The van der Waals surface area contributed by atoms with E-state index in [1.807, 2.05) is 0 Å². The van der Waals surface area contributed by atoms with Gasteiger partial charge < -0.3 is 0 Å². The zero-order valence-corrected chi connectivity index (χ0v) is 26.5. The van der Waals surface area contributed by atoms with Crippen molar-refractivity contribution in [1.82, 2.24) is 0 Å². The van der Waals surface area contributed by atoms with Gasteiger partial charge >= 0.3 is 0 Å². The lowest BCUT2D eigenvalue weighted by atomic mass is 9.64. The van der Waals surface area contributed by atoms with E-state index in [1.54, 1.807) is 14.6 Å². The SMILES string of the molecule is CC1C[C@@H](c2ccccc2)CC1C(C)(C)C1C2SC([Si](C)(C)C)=C[C@H]2[C@H]2C=C([Si](C)(C)C)SC12. The van der Waals surface area contributed by atoms with E-state index in [-0.39, 0.29) is 0 Å². The van der Waals surface area contributed by atoms with Gasteiger partial charge in [0.2, 0.25) is 0 Å². The summed E-state index contributed by atoms with van der Waals surface area (Å²) in [6, 6.07) is 11.4. The van der Waals surface area contributed by atoms with Gasteiger partial charge in [-0.2, -0.15) is 0 Å². The second-order valence-corrected chi connectivity index (χ2v) is 27.6. The number of thioether (sulfide) groups is 2. The van der Waals surface area contributed by atoms with Crippen LogP contribution in [0.2, 0.25) is 39.3 Å². The van der Waals surface area contributed by atoms with E-state index in [2.05, 4.69) is 126 Å². The molecule has 0 aromatic heterocycles. The molecule has 0 bridgehead atoms. The highest BCUT2D eigenvalue weighted by molar-refractivity contribution is 8.07. The van der Waals surface area contributed by atoms with Gasteiger partial charge in [-0.25, -0.2) is 0 Å². The van der Waals surface area contributed by atoms with Gasteiger partial charge in [0.25, 0.3) is 0 Å². The Kier molecular flexibility index (Phi) is 6.52. The molecule has 2 aliphatic carbocycles. The Hall–Kier alpha value is -0.166. The molecule has 1 aromatic rings. The number of rotatable bonds is 5. The first-order valence-electron chi connectivity index (χ1n) is 13.6. The number of hydrogen-bond acceptors (Lipinski definition) is 2. The first-order chi connectivity index (χ1) is 15.8. The molecule has 0 saturated heterocycles. The van der Waals surface area contributed by atoms with Gasteiger partial charge in [0.1, 0.15) is 0 Å². The Morgan fingerprint density at radius 3 is 1.74 bits per heavy atom. The van der Waals surface area contributed by atoms with E-state index in [4.69, 9.17) is 0 Å². The Morgan fingerprint density at radius 1 is 0.765 bits per heavy atom. The minimum atomic E-state index is -1.27. The number of fused-ring (bicyclic) bond motifs is 3. The summed E-state index contributed by atoms with van der Waals surface area (Å²) in [5.41, 5.74) is 1.95. The minimum absolute atomic E-state index is 0.372. The average molecular weight is 527 g/mol.